The van der Waals surface area contributed by atoms with Gasteiger partial charge in [0.25, 0.3) is 39.3 Å². The molecule has 0 heterocycles. The molecule has 0 saturated carbocycles. The second-order valence-electron chi connectivity index (χ2n) is 8.43. The maximum atomic E-state index is 11.7. The molecule has 200 valence electrons. The van der Waals surface area contributed by atoms with Gasteiger partial charge in [0.15, 0.2) is 0 Å². The van der Waals surface area contributed by atoms with Gasteiger partial charge < -0.3 is 11.1 Å². The predicted molar refractivity (Wildman–Crippen MR) is 132 cm³/mol. The molecule has 0 aromatic rings. The highest BCUT2D eigenvalue weighted by atomic mass is 32.3. The Labute approximate surface area is 204 Å². The zero-order valence-corrected chi connectivity index (χ0v) is 23.8. The molecule has 0 aliphatic carbocycles. The van der Waals surface area contributed by atoms with Gasteiger partial charge in [-0.1, -0.05) is 54.4 Å². The van der Waals surface area contributed by atoms with Crippen LogP contribution in [0, 0.1) is 11.8 Å². The van der Waals surface area contributed by atoms with Gasteiger partial charge >= 0.3 is 8.75 Å². The van der Waals surface area contributed by atoms with Crippen molar-refractivity contribution in [3.63, 3.8) is 0 Å². The Morgan fingerprint density at radius 3 is 1.06 bits per heavy atom. The van der Waals surface area contributed by atoms with Crippen LogP contribution in [0.4, 0.5) is 0 Å². The fraction of sp³-hybridized carbons (Fsp3) is 0.889. The highest BCUT2D eigenvalue weighted by molar-refractivity contribution is 8.31. The van der Waals surface area contributed by atoms with Crippen LogP contribution in [0.3, 0.4) is 0 Å². The first-order valence-corrected chi connectivity index (χ1v) is 17.3. The fourth-order valence-corrected chi connectivity index (χ4v) is 10.7. The molecule has 0 aliphatic rings. The molecule has 16 heteroatoms. The summed E-state index contributed by atoms with van der Waals surface area (Å²) in [5.74, 6) is -1.83. The second kappa shape index (κ2) is 14.8. The maximum absolute atomic E-state index is 11.7. The van der Waals surface area contributed by atoms with Crippen LogP contribution < -0.4 is 0 Å². The normalized spacial score (nSPS) is 12.5. The van der Waals surface area contributed by atoms with E-state index in [0.29, 0.717) is 25.7 Å². The van der Waals surface area contributed by atoms with E-state index < -0.39 is 48.1 Å². The van der Waals surface area contributed by atoms with Gasteiger partial charge in [-0.25, -0.2) is 33.7 Å². The van der Waals surface area contributed by atoms with E-state index in [2.05, 4.69) is 9.58 Å². The number of sulfone groups is 4. The average Bonchev–Trinajstić information content (AvgIpc) is 2.63. The van der Waals surface area contributed by atoms with E-state index in [1.54, 1.807) is 41.5 Å². The standard InChI is InChI=1S/2C9H18N2O4S2/c1-7(2)5-16(12,13)9(11-10)17(14,15)6-8(3)4;1-3-5-7-16(12,13)9(11-10)17(14,15)8-6-4-2/h7-8H,5-6H2,1-4H3;3-8H2,1-2H3. The number of rotatable bonds is 10. The molecule has 0 aliphatic heterocycles. The molecule has 0 atom stereocenters. The van der Waals surface area contributed by atoms with E-state index >= 15 is 0 Å². The molecule has 0 N–H and O–H groups in total. The summed E-state index contributed by atoms with van der Waals surface area (Å²) in [5, 5.41) is 0. The summed E-state index contributed by atoms with van der Waals surface area (Å²) < 4.78 is 91.4. The van der Waals surface area contributed by atoms with Crippen molar-refractivity contribution < 1.29 is 43.3 Å². The van der Waals surface area contributed by atoms with E-state index in [0.717, 1.165) is 0 Å². The molecule has 0 radical (unpaired) electrons. The van der Waals surface area contributed by atoms with E-state index in [4.69, 9.17) is 11.1 Å². The maximum Gasteiger partial charge on any atom is 0.495 e. The molecule has 0 amide bonds. The van der Waals surface area contributed by atoms with Crippen LogP contribution >= 0.6 is 0 Å². The van der Waals surface area contributed by atoms with Gasteiger partial charge in [-0.2, -0.15) is 0 Å². The first-order valence-electron chi connectivity index (χ1n) is 10.7. The van der Waals surface area contributed by atoms with Gasteiger partial charge in [0.1, 0.15) is 0 Å². The van der Waals surface area contributed by atoms with Crippen LogP contribution in [0.1, 0.15) is 67.2 Å². The molecule has 0 aromatic heterocycles. The lowest BCUT2D eigenvalue weighted by Crippen LogP contribution is -2.32. The highest BCUT2D eigenvalue weighted by Gasteiger charge is 2.42. The van der Waals surface area contributed by atoms with Crippen molar-refractivity contribution in [2.24, 2.45) is 11.8 Å². The Bertz CT molecular complexity index is 1110. The van der Waals surface area contributed by atoms with Gasteiger partial charge in [0.2, 0.25) is 0 Å². The molecule has 0 unspecified atom stereocenters. The summed E-state index contributed by atoms with van der Waals surface area (Å²) in [6.45, 7) is 10.1. The lowest BCUT2D eigenvalue weighted by atomic mass is 10.3. The zero-order valence-electron chi connectivity index (χ0n) is 20.5. The largest absolute Gasteiger partial charge is 0.495 e. The molecule has 34 heavy (non-hydrogen) atoms. The van der Waals surface area contributed by atoms with Crippen molar-refractivity contribution in [3.8, 4) is 0 Å². The van der Waals surface area contributed by atoms with Crippen LogP contribution in [0.25, 0.3) is 11.1 Å². The lowest BCUT2D eigenvalue weighted by Gasteiger charge is -2.05. The molecular formula is C18H36N4O8S4. The first kappa shape index (κ1) is 34.7. The summed E-state index contributed by atoms with van der Waals surface area (Å²) >= 11 is 0. The summed E-state index contributed by atoms with van der Waals surface area (Å²) in [6, 6.07) is 0. The smallest absolute Gasteiger partial charge is 0.359 e. The molecular weight excluding hydrogens is 528 g/mol. The molecule has 0 bridgehead atoms. The minimum absolute atomic E-state index is 0.244. The van der Waals surface area contributed by atoms with E-state index in [1.165, 1.54) is 0 Å². The third-order valence-corrected chi connectivity index (χ3v) is 13.2. The van der Waals surface area contributed by atoms with Crippen LogP contribution in [-0.2, 0) is 39.3 Å². The number of hydrogen-bond acceptors (Lipinski definition) is 8. The first-order chi connectivity index (χ1) is 15.3. The molecule has 12 nitrogen and oxygen atoms in total. The van der Waals surface area contributed by atoms with Crippen LogP contribution in [0.15, 0.2) is 0 Å². The van der Waals surface area contributed by atoms with Crippen molar-refractivity contribution in [3.05, 3.63) is 11.1 Å². The average molecular weight is 565 g/mol. The lowest BCUT2D eigenvalue weighted by molar-refractivity contribution is 0.00348. The van der Waals surface area contributed by atoms with Crippen LogP contribution in [0.5, 0.6) is 0 Å². The molecule has 0 aromatic carbocycles. The highest BCUT2D eigenvalue weighted by Crippen LogP contribution is 2.10. The van der Waals surface area contributed by atoms with Crippen LogP contribution in [0.2, 0.25) is 0 Å². The summed E-state index contributed by atoms with van der Waals surface area (Å²) in [6.07, 6.45) is 1.91. The van der Waals surface area contributed by atoms with Crippen molar-refractivity contribution in [2.45, 2.75) is 67.2 Å². The van der Waals surface area contributed by atoms with Gasteiger partial charge in [-0.05, 0) is 24.7 Å². The SMILES string of the molecule is CC(C)CS(=O)(=O)C(=[N+]=[N-])S(=O)(=O)CC(C)C.CCCCS(=O)(=O)C(=[N+]=[N-])S(=O)(=O)CCCC. The third kappa shape index (κ3) is 12.3. The summed E-state index contributed by atoms with van der Waals surface area (Å²) in [5.41, 5.74) is 17.3. The van der Waals surface area contributed by atoms with E-state index in [-0.39, 0.29) is 34.8 Å². The van der Waals surface area contributed by atoms with Gasteiger partial charge in [0.05, 0.1) is 23.0 Å². The van der Waals surface area contributed by atoms with Gasteiger partial charge in [-0.3, -0.25) is 0 Å². The van der Waals surface area contributed by atoms with Crippen molar-refractivity contribution in [1.29, 1.82) is 0 Å². The Balaban J connectivity index is 0. The van der Waals surface area contributed by atoms with Crippen molar-refractivity contribution in [1.82, 2.24) is 0 Å². The van der Waals surface area contributed by atoms with Gasteiger partial charge in [0, 0.05) is 0 Å². The van der Waals surface area contributed by atoms with Crippen molar-refractivity contribution in [2.75, 3.05) is 23.0 Å². The fourth-order valence-electron chi connectivity index (χ4n) is 2.50. The number of unbranched alkanes of at least 4 members (excludes halogenated alkanes) is 2. The molecule has 0 spiro atoms. The minimum atomic E-state index is -4.06. The molecule has 0 saturated heterocycles. The summed E-state index contributed by atoms with van der Waals surface area (Å²) in [7, 11) is -16.1. The van der Waals surface area contributed by atoms with E-state index in [9.17, 15) is 33.7 Å². The topological polar surface area (TPSA) is 209 Å². The number of nitrogens with zero attached hydrogens (tertiary/aromatic N) is 4. The zero-order chi connectivity index (χ0) is 27.4. The quantitative estimate of drug-likeness (QED) is 0.164. The predicted octanol–water partition coefficient (Wildman–Crippen LogP) is 1.72. The monoisotopic (exact) mass is 564 g/mol. The van der Waals surface area contributed by atoms with Crippen molar-refractivity contribution >= 4 is 48.1 Å². The number of hydrogen-bond donors (Lipinski definition) is 0. The Morgan fingerprint density at radius 1 is 0.588 bits per heavy atom. The Hall–Kier alpha value is -1.44. The third-order valence-electron chi connectivity index (χ3n) is 3.87. The minimum Gasteiger partial charge on any atom is -0.359 e. The molecule has 0 rings (SSSR count). The Morgan fingerprint density at radius 2 is 0.853 bits per heavy atom. The summed E-state index contributed by atoms with van der Waals surface area (Å²) in [4.78, 5) is 4.96. The van der Waals surface area contributed by atoms with Crippen LogP contribution in [-0.4, -0.2) is 75.0 Å². The molecule has 0 fully saturated rings. The van der Waals surface area contributed by atoms with Gasteiger partial charge in [-0.15, -0.1) is 9.58 Å². The van der Waals surface area contributed by atoms with E-state index in [1.807, 2.05) is 0 Å². The Kier molecular flexibility index (Phi) is 15.2. The second-order valence-corrected chi connectivity index (χ2v) is 16.9.